The number of rotatable bonds is 1. The fourth-order valence-electron chi connectivity index (χ4n) is 1.64. The molecule has 0 unspecified atom stereocenters. The molecule has 82 valence electrons. The van der Waals surface area contributed by atoms with E-state index in [1.807, 2.05) is 0 Å². The number of sulfone groups is 1. The zero-order valence-corrected chi connectivity index (χ0v) is 9.81. The molecule has 1 aliphatic rings. The summed E-state index contributed by atoms with van der Waals surface area (Å²) in [6.07, 6.45) is 0. The van der Waals surface area contributed by atoms with E-state index in [4.69, 9.17) is 10.7 Å². The number of benzene rings is 1. The molecule has 0 saturated heterocycles. The predicted octanol–water partition coefficient (Wildman–Crippen LogP) is 1.08. The van der Waals surface area contributed by atoms with Crippen LogP contribution in [0.5, 0.6) is 0 Å². The van der Waals surface area contributed by atoms with Gasteiger partial charge in [0.25, 0.3) is 0 Å². The summed E-state index contributed by atoms with van der Waals surface area (Å²) >= 11 is 0. The van der Waals surface area contributed by atoms with Crippen molar-refractivity contribution >= 4 is 29.6 Å². The van der Waals surface area contributed by atoms with Gasteiger partial charge in [0.05, 0.1) is 10.6 Å². The van der Waals surface area contributed by atoms with Crippen molar-refractivity contribution in [1.29, 1.82) is 0 Å². The molecule has 2 rings (SSSR count). The minimum atomic E-state index is -3.89. The summed E-state index contributed by atoms with van der Waals surface area (Å²) in [6, 6.07) is 6.02. The van der Waals surface area contributed by atoms with Crippen molar-refractivity contribution in [2.24, 2.45) is 0 Å². The molecule has 0 aliphatic carbocycles. The van der Waals surface area contributed by atoms with E-state index in [2.05, 4.69) is 0 Å². The van der Waals surface area contributed by atoms with Crippen molar-refractivity contribution in [3.63, 3.8) is 0 Å². The summed E-state index contributed by atoms with van der Waals surface area (Å²) < 4.78 is 45.5. The first-order valence-electron chi connectivity index (χ1n) is 4.07. The molecule has 0 radical (unpaired) electrons. The zero-order valence-electron chi connectivity index (χ0n) is 7.42. The molecule has 15 heavy (non-hydrogen) atoms. The minimum Gasteiger partial charge on any atom is -0.224 e. The van der Waals surface area contributed by atoms with Gasteiger partial charge in [-0.25, -0.2) is 16.8 Å². The quantitative estimate of drug-likeness (QED) is 0.714. The molecule has 0 N–H and O–H groups in total. The molecule has 1 heterocycles. The van der Waals surface area contributed by atoms with Crippen molar-refractivity contribution in [2.75, 3.05) is 5.75 Å². The smallest absolute Gasteiger partial charge is 0.224 e. The fourth-order valence-corrected chi connectivity index (χ4v) is 5.78. The van der Waals surface area contributed by atoms with Gasteiger partial charge in [-0.3, -0.25) is 0 Å². The summed E-state index contributed by atoms with van der Waals surface area (Å²) in [4.78, 5) is 0.0687. The van der Waals surface area contributed by atoms with Gasteiger partial charge >= 0.3 is 0 Å². The molecule has 1 atom stereocenters. The molecule has 1 aliphatic heterocycles. The van der Waals surface area contributed by atoms with Crippen LogP contribution in [-0.4, -0.2) is 22.6 Å². The van der Waals surface area contributed by atoms with Crippen LogP contribution in [0.3, 0.4) is 0 Å². The Balaban J connectivity index is 2.73. The Hall–Kier alpha value is -0.590. The predicted molar refractivity (Wildman–Crippen MR) is 56.0 cm³/mol. The highest BCUT2D eigenvalue weighted by Gasteiger charge is 2.41. The summed E-state index contributed by atoms with van der Waals surface area (Å²) in [5.41, 5.74) is 0.271. The van der Waals surface area contributed by atoms with Crippen LogP contribution in [0.1, 0.15) is 10.8 Å². The standard InChI is InChI=1S/C8H7ClO4S2/c9-15(12,13)8-5-14(10,11)7-4-2-1-3-6(7)8/h1-4,8H,5H2/t8-/m0/s1. The van der Waals surface area contributed by atoms with Gasteiger partial charge in [-0.2, -0.15) is 0 Å². The molecule has 1 aromatic carbocycles. The van der Waals surface area contributed by atoms with E-state index in [1.54, 1.807) is 12.1 Å². The number of halogens is 1. The second-order valence-corrected chi connectivity index (χ2v) is 8.10. The lowest BCUT2D eigenvalue weighted by atomic mass is 10.2. The van der Waals surface area contributed by atoms with Gasteiger partial charge < -0.3 is 0 Å². The van der Waals surface area contributed by atoms with E-state index in [0.717, 1.165) is 0 Å². The van der Waals surface area contributed by atoms with Gasteiger partial charge in [-0.05, 0) is 11.6 Å². The van der Waals surface area contributed by atoms with E-state index in [1.165, 1.54) is 12.1 Å². The van der Waals surface area contributed by atoms with Gasteiger partial charge in [-0.15, -0.1) is 0 Å². The molecule has 4 nitrogen and oxygen atoms in total. The molecule has 0 saturated carbocycles. The first-order valence-corrected chi connectivity index (χ1v) is 8.10. The van der Waals surface area contributed by atoms with Crippen LogP contribution < -0.4 is 0 Å². The second kappa shape index (κ2) is 3.20. The summed E-state index contributed by atoms with van der Waals surface area (Å²) in [7, 11) is -2.19. The van der Waals surface area contributed by atoms with Crippen LogP contribution in [0.15, 0.2) is 29.2 Å². The van der Waals surface area contributed by atoms with E-state index >= 15 is 0 Å². The molecule has 0 bridgehead atoms. The van der Waals surface area contributed by atoms with Crippen LogP contribution in [0, 0.1) is 0 Å². The maximum absolute atomic E-state index is 11.6. The SMILES string of the molecule is O=S1(=O)C[C@H](S(=O)(=O)Cl)c2ccccc21. The highest BCUT2D eigenvalue weighted by molar-refractivity contribution is 8.14. The third kappa shape index (κ3) is 1.77. The van der Waals surface area contributed by atoms with E-state index in [9.17, 15) is 16.8 Å². The van der Waals surface area contributed by atoms with E-state index in [0.29, 0.717) is 0 Å². The van der Waals surface area contributed by atoms with Gasteiger partial charge in [0, 0.05) is 10.7 Å². The monoisotopic (exact) mass is 266 g/mol. The first kappa shape index (κ1) is 10.9. The fraction of sp³-hybridized carbons (Fsp3) is 0.250. The average Bonchev–Trinajstić information content (AvgIpc) is 2.39. The Labute approximate surface area is 92.2 Å². The van der Waals surface area contributed by atoms with Crippen LogP contribution in [0.4, 0.5) is 0 Å². The van der Waals surface area contributed by atoms with Gasteiger partial charge in [0.15, 0.2) is 9.84 Å². The van der Waals surface area contributed by atoms with Gasteiger partial charge in [0.2, 0.25) is 9.05 Å². The van der Waals surface area contributed by atoms with Crippen LogP contribution in [-0.2, 0) is 18.9 Å². The molecular formula is C8H7ClO4S2. The minimum absolute atomic E-state index is 0.0687. The molecule has 7 heteroatoms. The Kier molecular flexibility index (Phi) is 2.33. The summed E-state index contributed by atoms with van der Waals surface area (Å²) in [5.74, 6) is -0.460. The van der Waals surface area contributed by atoms with E-state index in [-0.39, 0.29) is 10.5 Å². The number of fused-ring (bicyclic) bond motifs is 1. The largest absolute Gasteiger partial charge is 0.240 e. The topological polar surface area (TPSA) is 68.3 Å². The second-order valence-electron chi connectivity index (χ2n) is 3.28. The van der Waals surface area contributed by atoms with Crippen LogP contribution in [0.2, 0.25) is 0 Å². The van der Waals surface area contributed by atoms with E-state index < -0.39 is 29.9 Å². The lowest BCUT2D eigenvalue weighted by Crippen LogP contribution is -2.09. The van der Waals surface area contributed by atoms with Crippen molar-refractivity contribution in [2.45, 2.75) is 10.1 Å². The molecule has 0 spiro atoms. The highest BCUT2D eigenvalue weighted by Crippen LogP contribution is 2.39. The van der Waals surface area contributed by atoms with Crippen molar-refractivity contribution in [3.05, 3.63) is 29.8 Å². The van der Waals surface area contributed by atoms with Crippen molar-refractivity contribution in [3.8, 4) is 0 Å². The normalized spacial score (nSPS) is 23.7. The third-order valence-corrected chi connectivity index (χ3v) is 6.08. The Morgan fingerprint density at radius 1 is 1.27 bits per heavy atom. The molecule has 0 amide bonds. The zero-order chi connectivity index (χ0) is 11.3. The molecular weight excluding hydrogens is 260 g/mol. The maximum Gasteiger partial charge on any atom is 0.240 e. The molecule has 0 aromatic heterocycles. The highest BCUT2D eigenvalue weighted by atomic mass is 35.7. The van der Waals surface area contributed by atoms with Crippen LogP contribution >= 0.6 is 10.7 Å². The molecule has 0 fully saturated rings. The van der Waals surface area contributed by atoms with Gasteiger partial charge in [0.1, 0.15) is 5.25 Å². The number of hydrogen-bond acceptors (Lipinski definition) is 4. The van der Waals surface area contributed by atoms with Crippen LogP contribution in [0.25, 0.3) is 0 Å². The maximum atomic E-state index is 11.6. The number of hydrogen-bond donors (Lipinski definition) is 0. The lowest BCUT2D eigenvalue weighted by molar-refractivity contribution is 0.592. The van der Waals surface area contributed by atoms with Gasteiger partial charge in [-0.1, -0.05) is 18.2 Å². The molecule has 1 aromatic rings. The summed E-state index contributed by atoms with van der Waals surface area (Å²) in [5, 5.41) is -1.14. The summed E-state index contributed by atoms with van der Waals surface area (Å²) in [6.45, 7) is 0. The lowest BCUT2D eigenvalue weighted by Gasteiger charge is -2.03. The average molecular weight is 267 g/mol. The Morgan fingerprint density at radius 2 is 1.87 bits per heavy atom. The van der Waals surface area contributed by atoms with Crippen molar-refractivity contribution in [1.82, 2.24) is 0 Å². The Morgan fingerprint density at radius 3 is 2.47 bits per heavy atom. The first-order chi connectivity index (χ1) is 6.82. The van der Waals surface area contributed by atoms with Crippen molar-refractivity contribution < 1.29 is 16.8 Å². The Bertz CT molecular complexity index is 603. The third-order valence-electron chi connectivity index (χ3n) is 2.31.